The van der Waals surface area contributed by atoms with Gasteiger partial charge in [0.25, 0.3) is 0 Å². The Hall–Kier alpha value is -1.28. The van der Waals surface area contributed by atoms with Crippen molar-refractivity contribution < 1.29 is 16.8 Å². The van der Waals surface area contributed by atoms with Crippen LogP contribution in [0.4, 0.5) is 11.4 Å². The highest BCUT2D eigenvalue weighted by Gasteiger charge is 2.24. The fourth-order valence-corrected chi connectivity index (χ4v) is 3.71. The first kappa shape index (κ1) is 14.1. The topological polar surface area (TPSA) is 83.6 Å². The Kier molecular flexibility index (Phi) is 3.48. The van der Waals surface area contributed by atoms with Crippen LogP contribution in [0.3, 0.4) is 0 Å². The minimum absolute atomic E-state index is 0.372. The highest BCUT2D eigenvalue weighted by molar-refractivity contribution is 7.92. The van der Waals surface area contributed by atoms with E-state index in [1.165, 1.54) is 4.31 Å². The second-order valence-electron chi connectivity index (χ2n) is 4.66. The van der Waals surface area contributed by atoms with Crippen LogP contribution in [0.1, 0.15) is 12.0 Å². The van der Waals surface area contributed by atoms with Gasteiger partial charge < -0.3 is 0 Å². The van der Waals surface area contributed by atoms with E-state index in [0.717, 1.165) is 30.9 Å². The number of hydrogen-bond donors (Lipinski definition) is 1. The molecule has 0 aliphatic carbocycles. The van der Waals surface area contributed by atoms with Crippen LogP contribution >= 0.6 is 0 Å². The molecule has 1 heterocycles. The van der Waals surface area contributed by atoms with Crippen LogP contribution < -0.4 is 9.03 Å². The van der Waals surface area contributed by atoms with Gasteiger partial charge in [0.1, 0.15) is 0 Å². The van der Waals surface area contributed by atoms with Crippen LogP contribution in [0.2, 0.25) is 0 Å². The lowest BCUT2D eigenvalue weighted by Crippen LogP contribution is -2.34. The molecule has 0 aromatic heterocycles. The largest absolute Gasteiger partial charge is 0.284 e. The standard InChI is InChI=1S/C11H16N2O4S2/c1-18(14,15)12-10-6-5-9-4-3-7-13(11(9)8-10)19(2,16)17/h5-6,8,12H,3-4,7H2,1-2H3. The summed E-state index contributed by atoms with van der Waals surface area (Å²) in [6.45, 7) is 0.425. The SMILES string of the molecule is CS(=O)(=O)Nc1ccc2c(c1)N(S(C)(=O)=O)CCC2. The van der Waals surface area contributed by atoms with Gasteiger partial charge in [-0.15, -0.1) is 0 Å². The first-order valence-electron chi connectivity index (χ1n) is 5.75. The van der Waals surface area contributed by atoms with E-state index < -0.39 is 20.0 Å². The van der Waals surface area contributed by atoms with Gasteiger partial charge >= 0.3 is 0 Å². The molecule has 0 fully saturated rings. The molecule has 0 saturated carbocycles. The molecule has 0 atom stereocenters. The lowest BCUT2D eigenvalue weighted by molar-refractivity contribution is 0.592. The van der Waals surface area contributed by atoms with Crippen molar-refractivity contribution in [2.24, 2.45) is 0 Å². The van der Waals surface area contributed by atoms with Crippen molar-refractivity contribution in [2.75, 3.05) is 28.1 Å². The number of aryl methyl sites for hydroxylation is 1. The molecule has 8 heteroatoms. The summed E-state index contributed by atoms with van der Waals surface area (Å²) in [7, 11) is -6.72. The Balaban J connectivity index is 2.47. The number of nitrogens with zero attached hydrogens (tertiary/aromatic N) is 1. The zero-order valence-corrected chi connectivity index (χ0v) is 12.4. The third kappa shape index (κ3) is 3.38. The number of fused-ring (bicyclic) bond motifs is 1. The summed E-state index contributed by atoms with van der Waals surface area (Å²) in [6, 6.07) is 4.97. The van der Waals surface area contributed by atoms with Gasteiger partial charge in [-0.2, -0.15) is 0 Å². The maximum atomic E-state index is 11.7. The van der Waals surface area contributed by atoms with Crippen LogP contribution in [-0.4, -0.2) is 35.9 Å². The lowest BCUT2D eigenvalue weighted by atomic mass is 10.0. The van der Waals surface area contributed by atoms with E-state index in [4.69, 9.17) is 0 Å². The maximum absolute atomic E-state index is 11.7. The van der Waals surface area contributed by atoms with Crippen LogP contribution in [0.5, 0.6) is 0 Å². The van der Waals surface area contributed by atoms with Gasteiger partial charge in [0.2, 0.25) is 20.0 Å². The van der Waals surface area contributed by atoms with E-state index >= 15 is 0 Å². The second kappa shape index (κ2) is 4.68. The number of nitrogens with one attached hydrogen (secondary N) is 1. The van der Waals surface area contributed by atoms with E-state index in [-0.39, 0.29) is 0 Å². The summed E-state index contributed by atoms with van der Waals surface area (Å²) in [5, 5.41) is 0. The van der Waals surface area contributed by atoms with E-state index in [9.17, 15) is 16.8 Å². The third-order valence-corrected chi connectivity index (χ3v) is 4.65. The quantitative estimate of drug-likeness (QED) is 0.894. The molecule has 0 radical (unpaired) electrons. The molecule has 0 unspecified atom stereocenters. The fourth-order valence-electron chi connectivity index (χ4n) is 2.16. The van der Waals surface area contributed by atoms with E-state index in [1.807, 2.05) is 0 Å². The minimum Gasteiger partial charge on any atom is -0.284 e. The summed E-state index contributed by atoms with van der Waals surface area (Å²) < 4.78 is 49.5. The lowest BCUT2D eigenvalue weighted by Gasteiger charge is -2.29. The molecule has 1 aliphatic rings. The molecule has 0 spiro atoms. The molecule has 1 N–H and O–H groups in total. The summed E-state index contributed by atoms with van der Waals surface area (Å²) in [4.78, 5) is 0. The number of benzene rings is 1. The van der Waals surface area contributed by atoms with Crippen molar-refractivity contribution in [3.63, 3.8) is 0 Å². The Bertz CT molecular complexity index is 695. The molecular formula is C11H16N2O4S2. The Morgan fingerprint density at radius 1 is 1.16 bits per heavy atom. The van der Waals surface area contributed by atoms with E-state index in [0.29, 0.717) is 17.9 Å². The Morgan fingerprint density at radius 3 is 2.42 bits per heavy atom. The summed E-state index contributed by atoms with van der Waals surface area (Å²) in [5.41, 5.74) is 1.84. The van der Waals surface area contributed by atoms with Gasteiger partial charge in [0, 0.05) is 6.54 Å². The third-order valence-electron chi connectivity index (χ3n) is 2.86. The van der Waals surface area contributed by atoms with Gasteiger partial charge in [0.15, 0.2) is 0 Å². The molecule has 0 amide bonds. The van der Waals surface area contributed by atoms with Crippen molar-refractivity contribution in [2.45, 2.75) is 12.8 Å². The minimum atomic E-state index is -3.37. The van der Waals surface area contributed by atoms with Crippen molar-refractivity contribution in [1.29, 1.82) is 0 Å². The molecule has 0 saturated heterocycles. The molecular weight excluding hydrogens is 288 g/mol. The van der Waals surface area contributed by atoms with Crippen molar-refractivity contribution in [3.8, 4) is 0 Å². The molecule has 6 nitrogen and oxygen atoms in total. The van der Waals surface area contributed by atoms with Crippen LogP contribution in [-0.2, 0) is 26.5 Å². The van der Waals surface area contributed by atoms with E-state index in [2.05, 4.69) is 4.72 Å². The highest BCUT2D eigenvalue weighted by Crippen LogP contribution is 2.31. The van der Waals surface area contributed by atoms with Crippen molar-refractivity contribution >= 4 is 31.4 Å². The monoisotopic (exact) mass is 304 g/mol. The van der Waals surface area contributed by atoms with Crippen molar-refractivity contribution in [1.82, 2.24) is 0 Å². The predicted octanol–water partition coefficient (Wildman–Crippen LogP) is 0.770. The van der Waals surface area contributed by atoms with Gasteiger partial charge in [-0.3, -0.25) is 9.03 Å². The predicted molar refractivity (Wildman–Crippen MR) is 75.4 cm³/mol. The number of anilines is 2. The molecule has 2 rings (SSSR count). The zero-order chi connectivity index (χ0) is 14.3. The van der Waals surface area contributed by atoms with Crippen LogP contribution in [0.25, 0.3) is 0 Å². The fraction of sp³-hybridized carbons (Fsp3) is 0.455. The molecule has 1 aliphatic heterocycles. The maximum Gasteiger partial charge on any atom is 0.232 e. The Morgan fingerprint density at radius 2 is 1.84 bits per heavy atom. The average Bonchev–Trinajstić information content (AvgIpc) is 2.24. The molecule has 19 heavy (non-hydrogen) atoms. The normalized spacial score (nSPS) is 16.0. The van der Waals surface area contributed by atoms with Gasteiger partial charge in [-0.05, 0) is 30.5 Å². The summed E-state index contributed by atoms with van der Waals surface area (Å²) in [5.74, 6) is 0. The average molecular weight is 304 g/mol. The molecule has 106 valence electrons. The zero-order valence-electron chi connectivity index (χ0n) is 10.8. The molecule has 1 aromatic rings. The van der Waals surface area contributed by atoms with Gasteiger partial charge in [-0.25, -0.2) is 16.8 Å². The van der Waals surface area contributed by atoms with Gasteiger partial charge in [0.05, 0.1) is 23.9 Å². The summed E-state index contributed by atoms with van der Waals surface area (Å²) >= 11 is 0. The smallest absolute Gasteiger partial charge is 0.232 e. The summed E-state index contributed by atoms with van der Waals surface area (Å²) in [6.07, 6.45) is 3.76. The van der Waals surface area contributed by atoms with Crippen molar-refractivity contribution in [3.05, 3.63) is 23.8 Å². The van der Waals surface area contributed by atoms with E-state index in [1.54, 1.807) is 18.2 Å². The number of rotatable bonds is 3. The first-order valence-corrected chi connectivity index (χ1v) is 9.49. The molecule has 0 bridgehead atoms. The Labute approximate surface area is 113 Å². The first-order chi connectivity index (χ1) is 8.67. The molecule has 1 aromatic carbocycles. The second-order valence-corrected chi connectivity index (χ2v) is 8.31. The highest BCUT2D eigenvalue weighted by atomic mass is 32.2. The number of hydrogen-bond acceptors (Lipinski definition) is 4. The van der Waals surface area contributed by atoms with Crippen LogP contribution in [0.15, 0.2) is 18.2 Å². The number of sulfonamides is 2. The van der Waals surface area contributed by atoms with Crippen LogP contribution in [0, 0.1) is 0 Å². The van der Waals surface area contributed by atoms with Gasteiger partial charge in [-0.1, -0.05) is 6.07 Å².